The number of fused-ring (bicyclic) bond motifs is 3. The molecule has 0 radical (unpaired) electrons. The average Bonchev–Trinajstić information content (AvgIpc) is 3.29. The number of aromatic nitrogens is 1. The molecule has 0 spiro atoms. The van der Waals surface area contributed by atoms with E-state index in [1.807, 2.05) is 48.5 Å². The number of likely N-dealkylation sites (tertiary alicyclic amines) is 1. The molecule has 0 bridgehead atoms. The zero-order valence-electron chi connectivity index (χ0n) is 23.5. The highest BCUT2D eigenvalue weighted by molar-refractivity contribution is 6.00. The van der Waals surface area contributed by atoms with E-state index in [0.29, 0.717) is 24.3 Å². The number of nitrogens with zero attached hydrogens (tertiary/aromatic N) is 2. The van der Waals surface area contributed by atoms with Crippen LogP contribution in [-0.4, -0.2) is 67.2 Å². The Bertz CT molecular complexity index is 1370. The molecule has 1 saturated heterocycles. The summed E-state index contributed by atoms with van der Waals surface area (Å²) in [6, 6.07) is 18.5. The molecular weight excluding hydrogens is 545 g/mol. The minimum Gasteiger partial charge on any atom is -0.480 e. The van der Waals surface area contributed by atoms with Crippen molar-refractivity contribution in [3.8, 4) is 17.0 Å². The first kappa shape index (κ1) is 29.6. The van der Waals surface area contributed by atoms with Crippen molar-refractivity contribution in [1.29, 1.82) is 0 Å². The second-order valence-electron chi connectivity index (χ2n) is 10.9. The first-order valence-corrected chi connectivity index (χ1v) is 14.3. The van der Waals surface area contributed by atoms with Crippen molar-refractivity contribution in [2.24, 2.45) is 0 Å². The number of nitrogens with one attached hydrogen (secondary N) is 2. The van der Waals surface area contributed by atoms with Crippen molar-refractivity contribution in [3.05, 3.63) is 83.6 Å². The topological polar surface area (TPSA) is 83.6 Å². The third-order valence-corrected chi connectivity index (χ3v) is 8.31. The predicted octanol–water partition coefficient (Wildman–Crippen LogP) is 5.10. The molecule has 10 heteroatoms. The average molecular weight is 581 g/mol. The summed E-state index contributed by atoms with van der Waals surface area (Å²) in [5.74, 6) is -0.520. The van der Waals surface area contributed by atoms with Gasteiger partial charge in [-0.3, -0.25) is 9.59 Å². The van der Waals surface area contributed by atoms with Crippen LogP contribution in [0.25, 0.3) is 11.1 Å². The van der Waals surface area contributed by atoms with Gasteiger partial charge in [0.15, 0.2) is 0 Å². The molecule has 0 saturated carbocycles. The molecule has 2 aromatic carbocycles. The van der Waals surface area contributed by atoms with Crippen LogP contribution in [0.3, 0.4) is 0 Å². The molecule has 0 atom stereocenters. The number of carbonyl (C=O) groups excluding carboxylic acids is 2. The summed E-state index contributed by atoms with van der Waals surface area (Å²) in [5.41, 5.74) is 2.53. The van der Waals surface area contributed by atoms with Crippen LogP contribution in [0.15, 0.2) is 66.9 Å². The summed E-state index contributed by atoms with van der Waals surface area (Å²) in [6.07, 6.45) is 0.559. The summed E-state index contributed by atoms with van der Waals surface area (Å²) >= 11 is 0. The Balaban J connectivity index is 1.20. The second kappa shape index (κ2) is 12.5. The van der Waals surface area contributed by atoms with Crippen LogP contribution in [0.1, 0.15) is 53.6 Å². The molecule has 42 heavy (non-hydrogen) atoms. The number of unbranched alkanes of at least 4 members (excludes halogenated alkanes) is 1. The van der Waals surface area contributed by atoms with Gasteiger partial charge in [-0.25, -0.2) is 4.98 Å². The minimum absolute atomic E-state index is 0.0470. The first-order valence-electron chi connectivity index (χ1n) is 14.3. The van der Waals surface area contributed by atoms with Crippen LogP contribution >= 0.6 is 0 Å². The number of methoxy groups -OCH3 is 1. The molecule has 1 aromatic heterocycles. The molecule has 2 aliphatic rings. The van der Waals surface area contributed by atoms with E-state index in [1.165, 1.54) is 7.11 Å². The highest BCUT2D eigenvalue weighted by atomic mass is 19.4. The van der Waals surface area contributed by atoms with E-state index in [1.54, 1.807) is 18.3 Å². The number of carbonyl (C=O) groups is 2. The number of hydrogen-bond donors (Lipinski definition) is 2. The lowest BCUT2D eigenvalue weighted by molar-refractivity contribution is -0.141. The van der Waals surface area contributed by atoms with E-state index in [0.717, 1.165) is 61.2 Å². The molecule has 0 unspecified atom stereocenters. The number of halogens is 3. The molecule has 2 amide bonds. The fraction of sp³-hybridized carbons (Fsp3) is 0.406. The Morgan fingerprint density at radius 1 is 0.976 bits per heavy atom. The molecule has 1 fully saturated rings. The molecule has 3 aromatic rings. The maximum Gasteiger partial charge on any atom is 0.405 e. The first-order chi connectivity index (χ1) is 20.2. The van der Waals surface area contributed by atoms with E-state index >= 15 is 0 Å². The van der Waals surface area contributed by atoms with Crippen molar-refractivity contribution >= 4 is 11.8 Å². The Morgan fingerprint density at radius 3 is 2.24 bits per heavy atom. The van der Waals surface area contributed by atoms with Gasteiger partial charge in [-0.1, -0.05) is 55.0 Å². The molecule has 1 aliphatic carbocycles. The number of pyridine rings is 1. The van der Waals surface area contributed by atoms with Crippen molar-refractivity contribution in [2.75, 3.05) is 33.3 Å². The zero-order chi connectivity index (χ0) is 29.7. The number of piperidine rings is 1. The van der Waals surface area contributed by atoms with Gasteiger partial charge in [-0.15, -0.1) is 0 Å². The number of ether oxygens (including phenoxy) is 1. The lowest BCUT2D eigenvalue weighted by atomic mass is 9.73. The molecular formula is C32H35F3N4O3. The van der Waals surface area contributed by atoms with Gasteiger partial charge in [-0.2, -0.15) is 13.2 Å². The Hall–Kier alpha value is -3.92. The highest BCUT2D eigenvalue weighted by Gasteiger charge is 2.49. The maximum atomic E-state index is 13.6. The minimum atomic E-state index is -4.50. The van der Waals surface area contributed by atoms with E-state index in [-0.39, 0.29) is 11.9 Å². The summed E-state index contributed by atoms with van der Waals surface area (Å²) in [4.78, 5) is 32.8. The number of alkyl halides is 3. The smallest absolute Gasteiger partial charge is 0.405 e. The summed E-state index contributed by atoms with van der Waals surface area (Å²) < 4.78 is 44.5. The van der Waals surface area contributed by atoms with Crippen molar-refractivity contribution < 1.29 is 27.5 Å². The second-order valence-corrected chi connectivity index (χ2v) is 10.9. The number of rotatable bonds is 10. The zero-order valence-corrected chi connectivity index (χ0v) is 23.5. The van der Waals surface area contributed by atoms with E-state index in [9.17, 15) is 22.8 Å². The molecule has 1 aliphatic heterocycles. The van der Waals surface area contributed by atoms with Crippen LogP contribution in [-0.2, 0) is 10.2 Å². The predicted molar refractivity (Wildman–Crippen MR) is 153 cm³/mol. The van der Waals surface area contributed by atoms with E-state index in [2.05, 4.69) is 20.5 Å². The molecule has 5 rings (SSSR count). The summed E-state index contributed by atoms with van der Waals surface area (Å²) in [5, 5.41) is 5.28. The van der Waals surface area contributed by atoms with Crippen molar-refractivity contribution in [3.63, 3.8) is 0 Å². The fourth-order valence-electron chi connectivity index (χ4n) is 6.30. The van der Waals surface area contributed by atoms with Crippen molar-refractivity contribution in [2.45, 2.75) is 49.7 Å². The molecule has 2 heterocycles. The Kier molecular flexibility index (Phi) is 8.82. The van der Waals surface area contributed by atoms with Crippen molar-refractivity contribution in [1.82, 2.24) is 20.5 Å². The lowest BCUT2D eigenvalue weighted by Crippen LogP contribution is -2.47. The molecule has 222 valence electrons. The number of amides is 2. The monoisotopic (exact) mass is 580 g/mol. The van der Waals surface area contributed by atoms with Crippen LogP contribution in [0, 0.1) is 0 Å². The fourth-order valence-corrected chi connectivity index (χ4v) is 6.30. The van der Waals surface area contributed by atoms with E-state index < -0.39 is 24.0 Å². The largest absolute Gasteiger partial charge is 0.480 e. The molecule has 7 nitrogen and oxygen atoms in total. The third-order valence-electron chi connectivity index (χ3n) is 8.31. The standard InChI is InChI=1S/C32H35F3N4O3/c1-42-29-25(11-8-17-36-29)28(40)38-22-14-19-39(20-15-22)18-7-6-16-31(30(41)37-21-32(33,34)35)26-12-4-2-9-23(26)24-10-3-5-13-27(24)31/h2-5,8-13,17,22H,6-7,14-16,18-21H2,1H3,(H,37,41)(H,38,40). The number of hydrogen-bond acceptors (Lipinski definition) is 5. The van der Waals surface area contributed by atoms with Gasteiger partial charge in [0.2, 0.25) is 11.8 Å². The SMILES string of the molecule is COc1ncccc1C(=O)NC1CCN(CCCCC2(C(=O)NCC(F)(F)F)c3ccccc3-c3ccccc32)CC1. The summed E-state index contributed by atoms with van der Waals surface area (Å²) in [7, 11) is 1.48. The Labute approximate surface area is 243 Å². The van der Waals surface area contributed by atoms with Crippen LogP contribution in [0.4, 0.5) is 13.2 Å². The van der Waals surface area contributed by atoms with E-state index in [4.69, 9.17) is 4.74 Å². The van der Waals surface area contributed by atoms with Gasteiger partial charge in [0.05, 0.1) is 7.11 Å². The van der Waals surface area contributed by atoms with Crippen LogP contribution in [0.5, 0.6) is 5.88 Å². The lowest BCUT2D eigenvalue weighted by Gasteiger charge is -2.33. The Morgan fingerprint density at radius 2 is 1.62 bits per heavy atom. The summed E-state index contributed by atoms with van der Waals surface area (Å²) in [6.45, 7) is 1.08. The third kappa shape index (κ3) is 6.13. The van der Waals surface area contributed by atoms with Gasteiger partial charge in [0.25, 0.3) is 5.91 Å². The van der Waals surface area contributed by atoms with Gasteiger partial charge >= 0.3 is 6.18 Å². The quantitative estimate of drug-likeness (QED) is 0.326. The van der Waals surface area contributed by atoms with Gasteiger partial charge in [0, 0.05) is 25.3 Å². The normalized spacial score (nSPS) is 16.4. The van der Waals surface area contributed by atoms with Gasteiger partial charge < -0.3 is 20.3 Å². The van der Waals surface area contributed by atoms with Crippen LogP contribution < -0.4 is 15.4 Å². The number of benzene rings is 2. The maximum absolute atomic E-state index is 13.6. The van der Waals surface area contributed by atoms with Gasteiger partial charge in [-0.05, 0) is 66.6 Å². The molecule has 2 N–H and O–H groups in total. The van der Waals surface area contributed by atoms with Crippen LogP contribution in [0.2, 0.25) is 0 Å². The highest BCUT2D eigenvalue weighted by Crippen LogP contribution is 2.51. The van der Waals surface area contributed by atoms with Gasteiger partial charge in [0.1, 0.15) is 17.5 Å².